The van der Waals surface area contributed by atoms with Crippen LogP contribution in [0.25, 0.3) is 0 Å². The van der Waals surface area contributed by atoms with Crippen molar-refractivity contribution in [2.75, 3.05) is 0 Å². The lowest BCUT2D eigenvalue weighted by Crippen LogP contribution is -2.35. The summed E-state index contributed by atoms with van der Waals surface area (Å²) in [7, 11) is -7.35. The molecule has 0 aromatic heterocycles. The van der Waals surface area contributed by atoms with Gasteiger partial charge in [-0.25, -0.2) is 16.8 Å². The third-order valence-electron chi connectivity index (χ3n) is 7.23. The molecule has 0 saturated heterocycles. The Morgan fingerprint density at radius 1 is 0.750 bits per heavy atom. The molecular weight excluding hydrogens is 392 g/mol. The first kappa shape index (κ1) is 17.9. The molecule has 0 bridgehead atoms. The number of allylic oxidation sites excluding steroid dienone is 3. The zero-order valence-electron chi connectivity index (χ0n) is 15.5. The maximum Gasteiger partial charge on any atom is 0.203 e. The first-order valence-electron chi connectivity index (χ1n) is 9.16. The van der Waals surface area contributed by atoms with E-state index in [0.29, 0.717) is 4.91 Å². The second-order valence-electron chi connectivity index (χ2n) is 8.17. The van der Waals surface area contributed by atoms with Crippen LogP contribution in [0.1, 0.15) is 13.8 Å². The Labute approximate surface area is 165 Å². The maximum absolute atomic E-state index is 13.5. The van der Waals surface area contributed by atoms with Gasteiger partial charge in [0.1, 0.15) is 4.75 Å². The highest BCUT2D eigenvalue weighted by Gasteiger charge is 2.89. The van der Waals surface area contributed by atoms with Crippen molar-refractivity contribution < 1.29 is 16.8 Å². The van der Waals surface area contributed by atoms with Gasteiger partial charge >= 0.3 is 0 Å². The van der Waals surface area contributed by atoms with Crippen molar-refractivity contribution in [1.29, 1.82) is 0 Å². The van der Waals surface area contributed by atoms with Gasteiger partial charge in [-0.2, -0.15) is 0 Å². The summed E-state index contributed by atoms with van der Waals surface area (Å²) in [6.45, 7) is 3.76. The Balaban J connectivity index is 1.67. The van der Waals surface area contributed by atoms with Gasteiger partial charge < -0.3 is 0 Å². The lowest BCUT2D eigenvalue weighted by molar-refractivity contribution is 0.327. The van der Waals surface area contributed by atoms with Crippen molar-refractivity contribution in [3.63, 3.8) is 0 Å². The van der Waals surface area contributed by atoms with Crippen LogP contribution in [0.2, 0.25) is 0 Å². The molecule has 3 unspecified atom stereocenters. The molecule has 6 heteroatoms. The van der Waals surface area contributed by atoms with Gasteiger partial charge in [-0.15, -0.1) is 0 Å². The standard InChI is InChI=1S/C22H20O4S2/c1-20-13-14-22(28(25,26)17-11-7-4-8-12-17)18(21(20,22)2)15-19(20)27(23,24)16-9-5-3-6-10-16/h3-15,18H,1-2H3/t18?,20?,21?,22-/m1/s1. The van der Waals surface area contributed by atoms with Crippen LogP contribution in [-0.4, -0.2) is 21.6 Å². The summed E-state index contributed by atoms with van der Waals surface area (Å²) < 4.78 is 52.6. The molecule has 144 valence electrons. The van der Waals surface area contributed by atoms with Crippen LogP contribution in [0.15, 0.2) is 93.6 Å². The van der Waals surface area contributed by atoms with E-state index in [4.69, 9.17) is 0 Å². The normalized spacial score (nSPS) is 35.5. The fraction of sp³-hybridized carbons (Fsp3) is 0.273. The Morgan fingerprint density at radius 3 is 1.82 bits per heavy atom. The second kappa shape index (κ2) is 5.05. The van der Waals surface area contributed by atoms with Gasteiger partial charge in [-0.05, 0) is 24.3 Å². The van der Waals surface area contributed by atoms with Crippen LogP contribution < -0.4 is 0 Å². The third kappa shape index (κ3) is 1.68. The summed E-state index contributed by atoms with van der Waals surface area (Å²) in [5.41, 5.74) is -1.56. The van der Waals surface area contributed by atoms with Crippen molar-refractivity contribution in [3.8, 4) is 0 Å². The summed E-state index contributed by atoms with van der Waals surface area (Å²) >= 11 is 0. The minimum absolute atomic E-state index is 0.240. The topological polar surface area (TPSA) is 68.3 Å². The van der Waals surface area contributed by atoms with E-state index in [0.717, 1.165) is 0 Å². The highest BCUT2D eigenvalue weighted by molar-refractivity contribution is 7.95. The second-order valence-corrected chi connectivity index (χ2v) is 12.2. The van der Waals surface area contributed by atoms with E-state index in [2.05, 4.69) is 0 Å². The third-order valence-corrected chi connectivity index (χ3v) is 11.9. The van der Waals surface area contributed by atoms with Crippen LogP contribution in [0.5, 0.6) is 0 Å². The fourth-order valence-electron chi connectivity index (χ4n) is 5.50. The molecule has 28 heavy (non-hydrogen) atoms. The van der Waals surface area contributed by atoms with Crippen LogP contribution in [0.3, 0.4) is 0 Å². The number of hydrogen-bond acceptors (Lipinski definition) is 4. The van der Waals surface area contributed by atoms with E-state index in [1.54, 1.807) is 78.9 Å². The number of rotatable bonds is 4. The molecule has 0 heterocycles. The highest BCUT2D eigenvalue weighted by Crippen LogP contribution is 2.85. The van der Waals surface area contributed by atoms with Gasteiger partial charge in [0, 0.05) is 16.7 Å². The number of benzene rings is 2. The molecule has 0 aliphatic heterocycles. The SMILES string of the molecule is CC12C=C[C@@]3(S(=O)(=O)c4ccccc4)C(C=C1S(=O)(=O)c1ccccc1)C23C. The van der Waals surface area contributed by atoms with Crippen LogP contribution in [0, 0.1) is 16.7 Å². The number of fused-ring (bicyclic) bond motifs is 1. The first-order chi connectivity index (χ1) is 13.1. The molecule has 0 amide bonds. The van der Waals surface area contributed by atoms with E-state index in [1.165, 1.54) is 0 Å². The van der Waals surface area contributed by atoms with E-state index < -0.39 is 35.3 Å². The van der Waals surface area contributed by atoms with Gasteiger partial charge in [0.05, 0.1) is 14.7 Å². The van der Waals surface area contributed by atoms with Gasteiger partial charge in [0.15, 0.2) is 9.84 Å². The predicted molar refractivity (Wildman–Crippen MR) is 107 cm³/mol. The average Bonchev–Trinajstić information content (AvgIpc) is 3.10. The Bertz CT molecular complexity index is 1260. The molecule has 2 aromatic rings. The first-order valence-corrected chi connectivity index (χ1v) is 12.1. The van der Waals surface area contributed by atoms with Gasteiger partial charge in [0.25, 0.3) is 0 Å². The molecule has 1 saturated carbocycles. The minimum atomic E-state index is -3.69. The van der Waals surface area contributed by atoms with Crippen molar-refractivity contribution in [2.45, 2.75) is 28.4 Å². The van der Waals surface area contributed by atoms with Crippen molar-refractivity contribution in [2.24, 2.45) is 16.7 Å². The molecule has 0 spiro atoms. The smallest absolute Gasteiger partial charge is 0.203 e. The molecule has 5 rings (SSSR count). The van der Waals surface area contributed by atoms with Gasteiger partial charge in [-0.1, -0.05) is 68.5 Å². The highest BCUT2D eigenvalue weighted by atomic mass is 32.2. The largest absolute Gasteiger partial charge is 0.223 e. The van der Waals surface area contributed by atoms with E-state index in [1.807, 2.05) is 13.8 Å². The van der Waals surface area contributed by atoms with Crippen LogP contribution in [-0.2, 0) is 19.7 Å². The van der Waals surface area contributed by atoms with Crippen molar-refractivity contribution in [3.05, 3.63) is 83.8 Å². The molecule has 3 aliphatic rings. The summed E-state index contributed by atoms with van der Waals surface area (Å²) in [5, 5.41) is 0. The number of hydrogen-bond donors (Lipinski definition) is 0. The zero-order valence-corrected chi connectivity index (χ0v) is 17.2. The van der Waals surface area contributed by atoms with Gasteiger partial charge in [0.2, 0.25) is 9.84 Å². The Morgan fingerprint density at radius 2 is 1.29 bits per heavy atom. The average molecular weight is 413 g/mol. The molecule has 2 aromatic carbocycles. The summed E-state index contributed by atoms with van der Waals surface area (Å²) in [6.07, 6.45) is 5.23. The quantitative estimate of drug-likeness (QED) is 0.717. The molecule has 4 nitrogen and oxygen atoms in total. The predicted octanol–water partition coefficient (Wildman–Crippen LogP) is 3.78. The molecule has 4 atom stereocenters. The molecule has 1 fully saturated rings. The zero-order chi connectivity index (χ0) is 20.0. The summed E-state index contributed by atoms with van der Waals surface area (Å²) in [4.78, 5) is 0.830. The lowest BCUT2D eigenvalue weighted by atomic mass is 9.79. The van der Waals surface area contributed by atoms with Crippen LogP contribution in [0.4, 0.5) is 0 Å². The van der Waals surface area contributed by atoms with Crippen LogP contribution >= 0.6 is 0 Å². The van der Waals surface area contributed by atoms with Gasteiger partial charge in [-0.3, -0.25) is 0 Å². The molecule has 3 aliphatic carbocycles. The van der Waals surface area contributed by atoms with Crippen molar-refractivity contribution in [1.82, 2.24) is 0 Å². The Kier molecular flexibility index (Phi) is 3.22. The molecule has 0 radical (unpaired) electrons. The van der Waals surface area contributed by atoms with E-state index in [9.17, 15) is 16.8 Å². The molecular formula is C22H20O4S2. The summed E-state index contributed by atoms with van der Waals surface area (Å²) in [6, 6.07) is 16.7. The van der Waals surface area contributed by atoms with E-state index >= 15 is 0 Å². The van der Waals surface area contributed by atoms with Crippen molar-refractivity contribution >= 4 is 19.7 Å². The lowest BCUT2D eigenvalue weighted by Gasteiger charge is -2.32. The fourth-order valence-corrected chi connectivity index (χ4v) is 10.0. The Hall–Kier alpha value is -2.18. The minimum Gasteiger partial charge on any atom is -0.223 e. The molecule has 0 N–H and O–H groups in total. The van der Waals surface area contributed by atoms with E-state index in [-0.39, 0.29) is 15.7 Å². The number of sulfone groups is 2. The monoisotopic (exact) mass is 412 g/mol. The summed E-state index contributed by atoms with van der Waals surface area (Å²) in [5.74, 6) is -0.353. The maximum atomic E-state index is 13.5.